The number of anilines is 1. The van der Waals surface area contributed by atoms with Gasteiger partial charge in [0.1, 0.15) is 11.5 Å². The van der Waals surface area contributed by atoms with Crippen LogP contribution in [0.25, 0.3) is 0 Å². The van der Waals surface area contributed by atoms with Crippen molar-refractivity contribution < 1.29 is 9.90 Å². The maximum Gasteiger partial charge on any atom is 0.227 e. The van der Waals surface area contributed by atoms with Gasteiger partial charge in [-0.3, -0.25) is 4.79 Å². The van der Waals surface area contributed by atoms with Crippen molar-refractivity contribution in [3.8, 4) is 5.75 Å². The fraction of sp³-hybridized carbons (Fsp3) is 0.389. The minimum absolute atomic E-state index is 0.176. The molecule has 2 atom stereocenters. The van der Waals surface area contributed by atoms with Crippen molar-refractivity contribution >= 4 is 23.5 Å². The molecule has 0 fully saturated rings. The number of carbonyl (C=O) groups is 1. The van der Waals surface area contributed by atoms with Gasteiger partial charge in [0.15, 0.2) is 0 Å². The summed E-state index contributed by atoms with van der Waals surface area (Å²) in [4.78, 5) is 17.5. The standard InChI is InChI=1S/C18H20N4O2S/c1-18(2)8-12-14(13(24)9-18)15(10-5-4-6-11(23)7-10)22-16(19-12)20-17(21-22)25-3/h4-8,14-15,23H,9H2,1-3H3,(H,19,20,21)/t14-,15-/m0/s1. The first kappa shape index (κ1) is 16.2. The van der Waals surface area contributed by atoms with Crippen LogP contribution in [-0.2, 0) is 4.79 Å². The zero-order valence-electron chi connectivity index (χ0n) is 14.4. The minimum atomic E-state index is -0.348. The molecule has 6 nitrogen and oxygen atoms in total. The highest BCUT2D eigenvalue weighted by Gasteiger charge is 2.45. The van der Waals surface area contributed by atoms with Crippen molar-refractivity contribution in [2.45, 2.75) is 31.5 Å². The number of phenolic OH excluding ortho intramolecular Hbond substituents is 1. The summed E-state index contributed by atoms with van der Waals surface area (Å²) >= 11 is 1.46. The summed E-state index contributed by atoms with van der Waals surface area (Å²) in [6.07, 6.45) is 4.54. The Morgan fingerprint density at radius 3 is 2.92 bits per heavy atom. The molecule has 1 aromatic carbocycles. The summed E-state index contributed by atoms with van der Waals surface area (Å²) in [5.41, 5.74) is 1.54. The van der Waals surface area contributed by atoms with Crippen molar-refractivity contribution in [3.63, 3.8) is 0 Å². The minimum Gasteiger partial charge on any atom is -0.508 e. The molecule has 2 N–H and O–H groups in total. The average molecular weight is 356 g/mol. The fourth-order valence-corrected chi connectivity index (χ4v) is 4.08. The van der Waals surface area contributed by atoms with Gasteiger partial charge in [0.25, 0.3) is 0 Å². The normalized spacial score (nSPS) is 24.1. The zero-order valence-corrected chi connectivity index (χ0v) is 15.2. The number of Topliss-reactive ketones (excluding diaryl/α,β-unsaturated/α-hetero) is 1. The second-order valence-corrected chi connectivity index (χ2v) is 8.01. The van der Waals surface area contributed by atoms with E-state index in [0.29, 0.717) is 17.5 Å². The van der Waals surface area contributed by atoms with Crippen molar-refractivity contribution in [1.29, 1.82) is 0 Å². The van der Waals surface area contributed by atoms with Gasteiger partial charge >= 0.3 is 0 Å². The van der Waals surface area contributed by atoms with E-state index in [1.165, 1.54) is 11.8 Å². The number of carbonyl (C=O) groups excluding carboxylic acids is 1. The molecule has 4 rings (SSSR count). The van der Waals surface area contributed by atoms with Crippen LogP contribution in [0.5, 0.6) is 5.75 Å². The lowest BCUT2D eigenvalue weighted by atomic mass is 9.72. The first-order valence-electron chi connectivity index (χ1n) is 8.20. The van der Waals surface area contributed by atoms with Gasteiger partial charge in [-0.2, -0.15) is 4.98 Å². The monoisotopic (exact) mass is 356 g/mol. The van der Waals surface area contributed by atoms with Crippen LogP contribution in [0, 0.1) is 11.3 Å². The van der Waals surface area contributed by atoms with Crippen LogP contribution >= 0.6 is 11.8 Å². The van der Waals surface area contributed by atoms with Gasteiger partial charge < -0.3 is 10.4 Å². The summed E-state index contributed by atoms with van der Waals surface area (Å²) in [7, 11) is 0. The highest BCUT2D eigenvalue weighted by atomic mass is 32.2. The van der Waals surface area contributed by atoms with E-state index in [9.17, 15) is 9.90 Å². The number of allylic oxidation sites excluding steroid dienone is 2. The lowest BCUT2D eigenvalue weighted by molar-refractivity contribution is -0.125. The summed E-state index contributed by atoms with van der Waals surface area (Å²) < 4.78 is 1.78. The molecule has 2 aromatic rings. The van der Waals surface area contributed by atoms with E-state index in [1.807, 2.05) is 12.3 Å². The van der Waals surface area contributed by atoms with Crippen LogP contribution in [0.3, 0.4) is 0 Å². The molecule has 1 aromatic heterocycles. The van der Waals surface area contributed by atoms with E-state index >= 15 is 0 Å². The number of fused-ring (bicyclic) bond motifs is 2. The number of rotatable bonds is 2. The highest BCUT2D eigenvalue weighted by molar-refractivity contribution is 7.98. The number of thioether (sulfide) groups is 1. The Morgan fingerprint density at radius 1 is 1.40 bits per heavy atom. The Balaban J connectivity index is 1.92. The summed E-state index contributed by atoms with van der Waals surface area (Å²) in [5, 5.41) is 18.4. The van der Waals surface area contributed by atoms with Crippen molar-refractivity contribution in [3.05, 3.63) is 41.6 Å². The van der Waals surface area contributed by atoms with Crippen molar-refractivity contribution in [1.82, 2.24) is 14.8 Å². The Kier molecular flexibility index (Phi) is 3.64. The van der Waals surface area contributed by atoms with Crippen LogP contribution in [0.2, 0.25) is 0 Å². The molecule has 25 heavy (non-hydrogen) atoms. The van der Waals surface area contributed by atoms with Gasteiger partial charge in [0, 0.05) is 12.1 Å². The van der Waals surface area contributed by atoms with Gasteiger partial charge in [-0.25, -0.2) is 4.68 Å². The van der Waals surface area contributed by atoms with Gasteiger partial charge in [-0.15, -0.1) is 5.10 Å². The Morgan fingerprint density at radius 2 is 2.20 bits per heavy atom. The number of aromatic hydroxyl groups is 1. The second kappa shape index (κ2) is 5.62. The molecular weight excluding hydrogens is 336 g/mol. The lowest BCUT2D eigenvalue weighted by Gasteiger charge is -2.40. The van der Waals surface area contributed by atoms with Crippen LogP contribution < -0.4 is 5.32 Å². The zero-order chi connectivity index (χ0) is 17.8. The Labute approximate surface area is 150 Å². The van der Waals surface area contributed by atoms with Crippen LogP contribution in [0.1, 0.15) is 31.9 Å². The summed E-state index contributed by atoms with van der Waals surface area (Å²) in [5.74, 6) is 0.636. The lowest BCUT2D eigenvalue weighted by Crippen LogP contribution is -2.42. The number of hydrogen-bond donors (Lipinski definition) is 2. The molecule has 0 saturated heterocycles. The molecule has 0 saturated carbocycles. The molecule has 0 radical (unpaired) electrons. The first-order valence-corrected chi connectivity index (χ1v) is 9.42. The topological polar surface area (TPSA) is 80.0 Å². The molecule has 130 valence electrons. The van der Waals surface area contributed by atoms with Crippen LogP contribution in [-0.4, -0.2) is 31.9 Å². The maximum atomic E-state index is 13.0. The van der Waals surface area contributed by atoms with Gasteiger partial charge in [-0.05, 0) is 29.4 Å². The number of hydrogen-bond acceptors (Lipinski definition) is 6. The maximum absolute atomic E-state index is 13.0. The van der Waals surface area contributed by atoms with Crippen molar-refractivity contribution in [2.24, 2.45) is 11.3 Å². The average Bonchev–Trinajstić information content (AvgIpc) is 2.94. The fourth-order valence-electron chi connectivity index (χ4n) is 3.74. The molecular formula is C18H20N4O2S. The van der Waals surface area contributed by atoms with E-state index in [2.05, 4.69) is 35.3 Å². The summed E-state index contributed by atoms with van der Waals surface area (Å²) in [6.45, 7) is 4.12. The van der Waals surface area contributed by atoms with E-state index in [1.54, 1.807) is 22.9 Å². The molecule has 0 amide bonds. The number of benzene rings is 1. The third-order valence-corrected chi connectivity index (χ3v) is 5.24. The molecule has 0 spiro atoms. The third-order valence-electron chi connectivity index (χ3n) is 4.70. The van der Waals surface area contributed by atoms with Crippen LogP contribution in [0.15, 0.2) is 41.2 Å². The number of aromatic nitrogens is 3. The molecule has 0 unspecified atom stereocenters. The Hall–Kier alpha value is -2.28. The molecule has 2 heterocycles. The molecule has 2 aliphatic rings. The quantitative estimate of drug-likeness (QED) is 0.804. The Bertz CT molecular complexity index is 887. The van der Waals surface area contributed by atoms with Crippen LogP contribution in [0.4, 0.5) is 5.95 Å². The number of nitrogens with one attached hydrogen (secondary N) is 1. The van der Waals surface area contributed by atoms with Gasteiger partial charge in [0.2, 0.25) is 11.1 Å². The summed E-state index contributed by atoms with van der Waals surface area (Å²) in [6, 6.07) is 6.73. The van der Waals surface area contributed by atoms with E-state index < -0.39 is 0 Å². The SMILES string of the molecule is CSc1nc2n(n1)[C@@H](c1cccc(O)c1)[C@@H]1C(=O)CC(C)(C)C=C1N2. The molecule has 0 bridgehead atoms. The number of ketones is 1. The van der Waals surface area contributed by atoms with Crippen molar-refractivity contribution in [2.75, 3.05) is 11.6 Å². The van der Waals surface area contributed by atoms with Gasteiger partial charge in [0.05, 0.1) is 12.0 Å². The highest BCUT2D eigenvalue weighted by Crippen LogP contribution is 2.45. The van der Waals surface area contributed by atoms with E-state index in [-0.39, 0.29) is 28.9 Å². The molecule has 7 heteroatoms. The number of phenols is 1. The van der Waals surface area contributed by atoms with E-state index in [4.69, 9.17) is 0 Å². The predicted octanol–water partition coefficient (Wildman–Crippen LogP) is 3.22. The van der Waals surface area contributed by atoms with E-state index in [0.717, 1.165) is 11.3 Å². The largest absolute Gasteiger partial charge is 0.508 e. The molecule has 1 aliphatic carbocycles. The third kappa shape index (κ3) is 2.72. The smallest absolute Gasteiger partial charge is 0.227 e. The predicted molar refractivity (Wildman–Crippen MR) is 96.6 cm³/mol. The second-order valence-electron chi connectivity index (χ2n) is 7.24. The molecule has 1 aliphatic heterocycles. The first-order chi connectivity index (χ1) is 11.9. The van der Waals surface area contributed by atoms with Gasteiger partial charge in [-0.1, -0.05) is 43.8 Å². The number of nitrogens with zero attached hydrogens (tertiary/aromatic N) is 3.